The first kappa shape index (κ1) is 19.2. The lowest BCUT2D eigenvalue weighted by Crippen LogP contribution is -2.33. The minimum absolute atomic E-state index is 0.177. The molecule has 0 saturated heterocycles. The van der Waals surface area contributed by atoms with Crippen LogP contribution in [0.4, 0.5) is 5.69 Å². The molecule has 0 amide bonds. The fourth-order valence-corrected chi connectivity index (χ4v) is 3.85. The minimum atomic E-state index is -0.177. The van der Waals surface area contributed by atoms with Crippen molar-refractivity contribution in [3.8, 4) is 16.4 Å². The van der Waals surface area contributed by atoms with Gasteiger partial charge in [0.1, 0.15) is 0 Å². The molecule has 0 unspecified atom stereocenters. The van der Waals surface area contributed by atoms with Crippen LogP contribution >= 0.6 is 22.9 Å². The van der Waals surface area contributed by atoms with Crippen LogP contribution in [0, 0.1) is 0 Å². The SMILES string of the molecule is C=c1[nH]n(-c2nc(-c3ccc(Cl)cc3)cs2)c(=O)/c1=C/c1ccc(N(C)C)cc1. The number of nitrogens with one attached hydrogen (secondary N) is 1. The van der Waals surface area contributed by atoms with Gasteiger partial charge in [0.15, 0.2) is 0 Å². The zero-order valence-electron chi connectivity index (χ0n) is 16.0. The molecule has 0 spiro atoms. The zero-order valence-corrected chi connectivity index (χ0v) is 17.6. The van der Waals surface area contributed by atoms with Crippen LogP contribution in [0.15, 0.2) is 58.7 Å². The van der Waals surface area contributed by atoms with Crippen LogP contribution in [0.3, 0.4) is 0 Å². The zero-order chi connectivity index (χ0) is 20.5. The Kier molecular flexibility index (Phi) is 5.13. The van der Waals surface area contributed by atoms with Gasteiger partial charge in [0.25, 0.3) is 5.56 Å². The molecule has 0 aliphatic heterocycles. The summed E-state index contributed by atoms with van der Waals surface area (Å²) in [6.07, 6.45) is 1.84. The quantitative estimate of drug-likeness (QED) is 0.549. The van der Waals surface area contributed by atoms with Crippen molar-refractivity contribution in [3.05, 3.63) is 85.4 Å². The highest BCUT2D eigenvalue weighted by molar-refractivity contribution is 7.12. The molecule has 7 heteroatoms. The van der Waals surface area contributed by atoms with Gasteiger partial charge in [0.2, 0.25) is 5.13 Å². The molecule has 4 rings (SSSR count). The third kappa shape index (κ3) is 3.90. The molecule has 1 N–H and O–H groups in total. The van der Waals surface area contributed by atoms with E-state index in [-0.39, 0.29) is 5.56 Å². The second kappa shape index (κ2) is 7.73. The molecule has 146 valence electrons. The number of hydrogen-bond donors (Lipinski definition) is 1. The molecule has 0 fully saturated rings. The molecule has 0 bridgehead atoms. The molecular formula is C22H19ClN4OS. The minimum Gasteiger partial charge on any atom is -0.378 e. The molecule has 5 nitrogen and oxygen atoms in total. The summed E-state index contributed by atoms with van der Waals surface area (Å²) in [4.78, 5) is 19.6. The van der Waals surface area contributed by atoms with Gasteiger partial charge in [-0.1, -0.05) is 42.4 Å². The Bertz CT molecular complexity index is 1320. The summed E-state index contributed by atoms with van der Waals surface area (Å²) in [7, 11) is 3.98. The Labute approximate surface area is 176 Å². The van der Waals surface area contributed by atoms with Crippen LogP contribution in [-0.4, -0.2) is 28.9 Å². The van der Waals surface area contributed by atoms with Crippen LogP contribution in [0.1, 0.15) is 5.56 Å². The average Bonchev–Trinajstić information content (AvgIpc) is 3.29. The van der Waals surface area contributed by atoms with E-state index in [4.69, 9.17) is 11.6 Å². The number of rotatable bonds is 4. The number of halogens is 1. The Morgan fingerprint density at radius 1 is 1.14 bits per heavy atom. The lowest BCUT2D eigenvalue weighted by molar-refractivity contribution is 0.830. The number of hydrogen-bond acceptors (Lipinski definition) is 4. The Morgan fingerprint density at radius 2 is 1.83 bits per heavy atom. The van der Waals surface area contributed by atoms with Crippen molar-refractivity contribution in [1.29, 1.82) is 0 Å². The van der Waals surface area contributed by atoms with Gasteiger partial charge in [-0.2, -0.15) is 4.68 Å². The number of benzene rings is 2. The van der Waals surface area contributed by atoms with E-state index in [2.05, 4.69) is 16.7 Å². The largest absolute Gasteiger partial charge is 0.378 e. The maximum absolute atomic E-state index is 13.0. The molecule has 2 heterocycles. The van der Waals surface area contributed by atoms with Gasteiger partial charge in [-0.05, 0) is 35.9 Å². The molecular weight excluding hydrogens is 404 g/mol. The predicted molar refractivity (Wildman–Crippen MR) is 122 cm³/mol. The van der Waals surface area contributed by atoms with E-state index in [1.807, 2.05) is 79.0 Å². The van der Waals surface area contributed by atoms with Gasteiger partial charge in [0.05, 0.1) is 16.3 Å². The van der Waals surface area contributed by atoms with E-state index in [0.29, 0.717) is 20.7 Å². The second-order valence-electron chi connectivity index (χ2n) is 6.80. The molecule has 2 aromatic carbocycles. The number of H-pyrrole nitrogens is 1. The monoisotopic (exact) mass is 422 g/mol. The van der Waals surface area contributed by atoms with Crippen LogP contribution < -0.4 is 21.0 Å². The van der Waals surface area contributed by atoms with Gasteiger partial charge in [0, 0.05) is 35.7 Å². The van der Waals surface area contributed by atoms with Crippen molar-refractivity contribution >= 4 is 41.3 Å². The topological polar surface area (TPSA) is 53.9 Å². The van der Waals surface area contributed by atoms with Gasteiger partial charge >= 0.3 is 0 Å². The third-order valence-electron chi connectivity index (χ3n) is 4.55. The van der Waals surface area contributed by atoms with Crippen molar-refractivity contribution < 1.29 is 0 Å². The molecule has 29 heavy (non-hydrogen) atoms. The van der Waals surface area contributed by atoms with E-state index in [0.717, 1.165) is 22.5 Å². The normalized spacial score (nSPS) is 11.8. The maximum atomic E-state index is 13.0. The van der Waals surface area contributed by atoms with Crippen LogP contribution in [0.25, 0.3) is 29.0 Å². The molecule has 0 aliphatic rings. The number of anilines is 1. The summed E-state index contributed by atoms with van der Waals surface area (Å²) >= 11 is 7.34. The first-order chi connectivity index (χ1) is 13.9. The van der Waals surface area contributed by atoms with Gasteiger partial charge in [-0.25, -0.2) is 4.98 Å². The molecule has 0 saturated carbocycles. The van der Waals surface area contributed by atoms with Gasteiger partial charge in [-0.15, -0.1) is 11.3 Å². The lowest BCUT2D eigenvalue weighted by atomic mass is 10.1. The van der Waals surface area contributed by atoms with E-state index in [1.165, 1.54) is 16.0 Å². The van der Waals surface area contributed by atoms with Crippen molar-refractivity contribution in [2.75, 3.05) is 19.0 Å². The highest BCUT2D eigenvalue weighted by Gasteiger charge is 2.10. The number of nitrogens with zero attached hydrogens (tertiary/aromatic N) is 3. The van der Waals surface area contributed by atoms with Gasteiger partial charge < -0.3 is 4.90 Å². The fourth-order valence-electron chi connectivity index (χ4n) is 2.93. The predicted octanol–water partition coefficient (Wildman–Crippen LogP) is 3.25. The molecule has 4 aromatic rings. The van der Waals surface area contributed by atoms with Crippen LogP contribution in [0.2, 0.25) is 5.02 Å². The first-order valence-corrected chi connectivity index (χ1v) is 10.2. The average molecular weight is 423 g/mol. The molecule has 0 aliphatic carbocycles. The maximum Gasteiger partial charge on any atom is 0.281 e. The van der Waals surface area contributed by atoms with Crippen molar-refractivity contribution in [3.63, 3.8) is 0 Å². The Morgan fingerprint density at radius 3 is 2.48 bits per heavy atom. The van der Waals surface area contributed by atoms with E-state index in [1.54, 1.807) is 0 Å². The summed E-state index contributed by atoms with van der Waals surface area (Å²) in [5.41, 5.74) is 3.59. The van der Waals surface area contributed by atoms with Crippen LogP contribution in [-0.2, 0) is 0 Å². The van der Waals surface area contributed by atoms with Gasteiger partial charge in [-0.3, -0.25) is 9.89 Å². The second-order valence-corrected chi connectivity index (χ2v) is 8.07. The first-order valence-electron chi connectivity index (χ1n) is 8.93. The van der Waals surface area contributed by atoms with E-state index >= 15 is 0 Å². The van der Waals surface area contributed by atoms with Crippen molar-refractivity contribution in [2.24, 2.45) is 0 Å². The van der Waals surface area contributed by atoms with Crippen molar-refractivity contribution in [1.82, 2.24) is 14.8 Å². The number of aromatic amines is 1. The highest BCUT2D eigenvalue weighted by atomic mass is 35.5. The summed E-state index contributed by atoms with van der Waals surface area (Å²) < 4.78 is 1.44. The molecule has 0 atom stereocenters. The number of aromatic nitrogens is 3. The summed E-state index contributed by atoms with van der Waals surface area (Å²) in [6.45, 7) is 3.99. The summed E-state index contributed by atoms with van der Waals surface area (Å²) in [5.74, 6) is 0. The molecule has 0 radical (unpaired) electrons. The lowest BCUT2D eigenvalue weighted by Gasteiger charge is -2.11. The van der Waals surface area contributed by atoms with Crippen molar-refractivity contribution in [2.45, 2.75) is 0 Å². The standard InChI is InChI=1S/C22H19ClN4OS/c1-14-19(12-15-4-10-18(11-5-15)26(2)3)21(28)27(25-14)22-24-20(13-29-22)16-6-8-17(23)9-7-16/h4-13,25H,1H2,2-3H3/b19-12+. The molecule has 2 aromatic heterocycles. The fraction of sp³-hybridized carbons (Fsp3) is 0.0909. The van der Waals surface area contributed by atoms with E-state index in [9.17, 15) is 4.79 Å². The Balaban J connectivity index is 1.72. The third-order valence-corrected chi connectivity index (χ3v) is 5.63. The Hall–Kier alpha value is -3.09. The van der Waals surface area contributed by atoms with Crippen LogP contribution in [0.5, 0.6) is 0 Å². The number of thiazole rings is 1. The van der Waals surface area contributed by atoms with E-state index < -0.39 is 0 Å². The summed E-state index contributed by atoms with van der Waals surface area (Å²) in [5, 5.41) is 7.25. The summed E-state index contributed by atoms with van der Waals surface area (Å²) in [6, 6.07) is 15.4. The smallest absolute Gasteiger partial charge is 0.281 e. The highest BCUT2D eigenvalue weighted by Crippen LogP contribution is 2.24.